The highest BCUT2D eigenvalue weighted by Crippen LogP contribution is 2.27. The second kappa shape index (κ2) is 9.91. The first-order chi connectivity index (χ1) is 15.8. The number of hydrogen-bond acceptors (Lipinski definition) is 4. The molecule has 1 aromatic heterocycles. The molecule has 1 heterocycles. The van der Waals surface area contributed by atoms with Crippen molar-refractivity contribution < 1.29 is 13.2 Å². The average molecular weight is 486 g/mol. The molecule has 3 aromatic rings. The van der Waals surface area contributed by atoms with Gasteiger partial charge >= 0.3 is 0 Å². The lowest BCUT2D eigenvalue weighted by molar-refractivity contribution is 0.0998. The summed E-state index contributed by atoms with van der Waals surface area (Å²) >= 11 is 1.49. The Morgan fingerprint density at radius 3 is 2.52 bits per heavy atom. The molecule has 1 amide bonds. The molecule has 0 N–H and O–H groups in total. The van der Waals surface area contributed by atoms with Crippen molar-refractivity contribution in [3.63, 3.8) is 0 Å². The van der Waals surface area contributed by atoms with Gasteiger partial charge in [-0.05, 0) is 67.6 Å². The number of carbonyl (C=O) groups excluding carboxylic acids is 1. The molecule has 0 bridgehead atoms. The number of aromatic nitrogens is 1. The molecule has 0 unspecified atom stereocenters. The number of nitrogens with zero attached hydrogens (tertiary/aromatic N) is 3. The first-order valence-electron chi connectivity index (χ1n) is 11.6. The van der Waals surface area contributed by atoms with Crippen molar-refractivity contribution in [2.24, 2.45) is 12.0 Å². The first-order valence-corrected chi connectivity index (χ1v) is 13.8. The number of sulfonamides is 1. The van der Waals surface area contributed by atoms with Gasteiger partial charge in [-0.3, -0.25) is 4.79 Å². The number of carbonyl (C=O) groups is 1. The van der Waals surface area contributed by atoms with Gasteiger partial charge in [-0.2, -0.15) is 9.30 Å². The molecule has 1 saturated carbocycles. The fourth-order valence-corrected chi connectivity index (χ4v) is 6.87. The lowest BCUT2D eigenvalue weighted by Crippen LogP contribution is -2.35. The van der Waals surface area contributed by atoms with Crippen molar-refractivity contribution in [1.82, 2.24) is 8.87 Å². The van der Waals surface area contributed by atoms with Crippen LogP contribution in [0.4, 0.5) is 0 Å². The Morgan fingerprint density at radius 2 is 1.85 bits per heavy atom. The molecule has 0 aliphatic heterocycles. The minimum atomic E-state index is -3.57. The Kier molecular flexibility index (Phi) is 7.16. The van der Waals surface area contributed by atoms with Gasteiger partial charge in [0, 0.05) is 25.7 Å². The first kappa shape index (κ1) is 23.9. The topological polar surface area (TPSA) is 71.7 Å². The Hall–Kier alpha value is -2.29. The molecule has 0 spiro atoms. The fourth-order valence-electron chi connectivity index (χ4n) is 4.37. The minimum absolute atomic E-state index is 0.0572. The highest BCUT2D eigenvalue weighted by molar-refractivity contribution is 7.89. The summed E-state index contributed by atoms with van der Waals surface area (Å²) in [6.07, 6.45) is 7.28. The number of fused-ring (bicyclic) bond motifs is 1. The molecule has 6 nitrogen and oxygen atoms in total. The number of amides is 1. The lowest BCUT2D eigenvalue weighted by Gasteiger charge is -2.23. The molecule has 1 aliphatic carbocycles. The van der Waals surface area contributed by atoms with E-state index >= 15 is 0 Å². The fraction of sp³-hybridized carbons (Fsp3) is 0.440. The molecule has 0 radical (unpaired) electrons. The van der Waals surface area contributed by atoms with Crippen LogP contribution in [0.3, 0.4) is 0 Å². The van der Waals surface area contributed by atoms with Gasteiger partial charge < -0.3 is 4.57 Å². The standard InChI is InChI=1S/C25H31N3O3S2/c1-4-5-8-18-11-16-22-23(17-18)32-25(27(22)2)26-24(29)19-12-14-21(15-13-19)33(30,31)28(3)20-9-6-7-10-20/h11-17,20H,4-10H2,1-3H3. The maximum absolute atomic E-state index is 12.9. The SMILES string of the molecule is CCCCc1ccc2c(c1)sc(=NC(=O)c1ccc(S(=O)(=O)N(C)C3CCCC3)cc1)n2C. The molecule has 1 fully saturated rings. The zero-order valence-electron chi connectivity index (χ0n) is 19.5. The summed E-state index contributed by atoms with van der Waals surface area (Å²) in [6.45, 7) is 2.18. The van der Waals surface area contributed by atoms with Crippen LogP contribution in [0, 0.1) is 0 Å². The van der Waals surface area contributed by atoms with Crippen molar-refractivity contribution in [2.75, 3.05) is 7.05 Å². The third-order valence-corrected chi connectivity index (χ3v) is 9.53. The van der Waals surface area contributed by atoms with Gasteiger partial charge in [0.1, 0.15) is 0 Å². The summed E-state index contributed by atoms with van der Waals surface area (Å²) < 4.78 is 30.4. The van der Waals surface area contributed by atoms with Gasteiger partial charge in [-0.25, -0.2) is 8.42 Å². The van der Waals surface area contributed by atoms with E-state index in [1.165, 1.54) is 33.3 Å². The van der Waals surface area contributed by atoms with Crippen LogP contribution < -0.4 is 4.80 Å². The normalized spacial score (nSPS) is 15.7. The van der Waals surface area contributed by atoms with E-state index in [9.17, 15) is 13.2 Å². The van der Waals surface area contributed by atoms with Gasteiger partial charge in [0.25, 0.3) is 5.91 Å². The number of aryl methyl sites for hydroxylation is 2. The van der Waals surface area contributed by atoms with Crippen molar-refractivity contribution in [1.29, 1.82) is 0 Å². The molecule has 0 atom stereocenters. The molecule has 4 rings (SSSR count). The third-order valence-electron chi connectivity index (χ3n) is 6.51. The van der Waals surface area contributed by atoms with E-state index in [4.69, 9.17) is 0 Å². The van der Waals surface area contributed by atoms with E-state index in [0.29, 0.717) is 10.4 Å². The monoisotopic (exact) mass is 485 g/mol. The Balaban J connectivity index is 1.57. The number of thiazole rings is 1. The largest absolute Gasteiger partial charge is 0.319 e. The molecular weight excluding hydrogens is 454 g/mol. The maximum Gasteiger partial charge on any atom is 0.279 e. The summed E-state index contributed by atoms with van der Waals surface area (Å²) in [5.41, 5.74) is 2.71. The second-order valence-corrected chi connectivity index (χ2v) is 11.8. The van der Waals surface area contributed by atoms with Crippen LogP contribution in [0.25, 0.3) is 10.2 Å². The summed E-state index contributed by atoms with van der Waals surface area (Å²) in [4.78, 5) is 18.0. The molecule has 33 heavy (non-hydrogen) atoms. The number of benzene rings is 2. The van der Waals surface area contributed by atoms with Crippen molar-refractivity contribution in [2.45, 2.75) is 62.8 Å². The maximum atomic E-state index is 12.9. The van der Waals surface area contributed by atoms with Crippen LogP contribution in [-0.2, 0) is 23.5 Å². The van der Waals surface area contributed by atoms with Crippen molar-refractivity contribution >= 4 is 37.5 Å². The summed E-state index contributed by atoms with van der Waals surface area (Å²) in [5.74, 6) is -0.378. The average Bonchev–Trinajstić information content (AvgIpc) is 3.46. The van der Waals surface area contributed by atoms with Crippen LogP contribution in [-0.4, -0.2) is 36.3 Å². The van der Waals surface area contributed by atoms with E-state index < -0.39 is 10.0 Å². The summed E-state index contributed by atoms with van der Waals surface area (Å²) in [7, 11) is -0.0138. The Morgan fingerprint density at radius 1 is 1.15 bits per heavy atom. The van der Waals surface area contributed by atoms with E-state index in [1.807, 2.05) is 11.6 Å². The van der Waals surface area contributed by atoms with E-state index in [2.05, 4.69) is 30.1 Å². The van der Waals surface area contributed by atoms with Crippen LogP contribution in [0.2, 0.25) is 0 Å². The van der Waals surface area contributed by atoms with Gasteiger partial charge in [0.2, 0.25) is 10.0 Å². The van der Waals surface area contributed by atoms with Gasteiger partial charge in [0.05, 0.1) is 15.1 Å². The Labute approximate surface area is 199 Å². The van der Waals surface area contributed by atoms with Crippen LogP contribution in [0.5, 0.6) is 0 Å². The van der Waals surface area contributed by atoms with E-state index in [1.54, 1.807) is 19.2 Å². The van der Waals surface area contributed by atoms with Crippen LogP contribution in [0.1, 0.15) is 61.4 Å². The quantitative estimate of drug-likeness (QED) is 0.478. The predicted molar refractivity (Wildman–Crippen MR) is 133 cm³/mol. The van der Waals surface area contributed by atoms with E-state index in [-0.39, 0.29) is 16.8 Å². The highest BCUT2D eigenvalue weighted by Gasteiger charge is 2.30. The lowest BCUT2D eigenvalue weighted by atomic mass is 10.1. The van der Waals surface area contributed by atoms with Crippen molar-refractivity contribution in [3.8, 4) is 0 Å². The van der Waals surface area contributed by atoms with Crippen LogP contribution >= 0.6 is 11.3 Å². The number of unbranched alkanes of at least 4 members (excludes halogenated alkanes) is 1. The smallest absolute Gasteiger partial charge is 0.279 e. The molecule has 0 saturated heterocycles. The second-order valence-electron chi connectivity index (χ2n) is 8.75. The van der Waals surface area contributed by atoms with Gasteiger partial charge in [-0.1, -0.05) is 43.6 Å². The third kappa shape index (κ3) is 4.98. The van der Waals surface area contributed by atoms with E-state index in [0.717, 1.165) is 55.2 Å². The van der Waals surface area contributed by atoms with Crippen LogP contribution in [0.15, 0.2) is 52.4 Å². The highest BCUT2D eigenvalue weighted by atomic mass is 32.2. The molecule has 2 aromatic carbocycles. The van der Waals surface area contributed by atoms with Crippen molar-refractivity contribution in [3.05, 3.63) is 58.4 Å². The zero-order chi connectivity index (χ0) is 23.6. The Bertz CT molecular complexity index is 1320. The van der Waals surface area contributed by atoms with Gasteiger partial charge in [0.15, 0.2) is 4.80 Å². The zero-order valence-corrected chi connectivity index (χ0v) is 21.1. The predicted octanol–water partition coefficient (Wildman–Crippen LogP) is 4.89. The summed E-state index contributed by atoms with van der Waals surface area (Å²) in [6, 6.07) is 12.6. The molecular formula is C25H31N3O3S2. The summed E-state index contributed by atoms with van der Waals surface area (Å²) in [5, 5.41) is 0. The molecule has 8 heteroatoms. The number of hydrogen-bond donors (Lipinski definition) is 0. The number of rotatable bonds is 7. The molecule has 1 aliphatic rings. The van der Waals surface area contributed by atoms with Gasteiger partial charge in [-0.15, -0.1) is 0 Å². The molecule has 176 valence electrons. The minimum Gasteiger partial charge on any atom is -0.319 e.